The molecule has 0 bridgehead atoms. The molecule has 9 nitrogen and oxygen atoms in total. The number of anilines is 1. The summed E-state index contributed by atoms with van der Waals surface area (Å²) >= 11 is 13.3. The minimum absolute atomic E-state index is 0.00108. The Kier molecular flexibility index (Phi) is 7.14. The molecule has 0 radical (unpaired) electrons. The van der Waals surface area contributed by atoms with E-state index in [4.69, 9.17) is 32.9 Å². The van der Waals surface area contributed by atoms with Crippen LogP contribution in [0.2, 0.25) is 10.0 Å². The highest BCUT2D eigenvalue weighted by Crippen LogP contribution is 2.36. The van der Waals surface area contributed by atoms with Gasteiger partial charge in [0.15, 0.2) is 0 Å². The topological polar surface area (TPSA) is 97.6 Å². The molecule has 0 aliphatic carbocycles. The molecule has 1 aliphatic heterocycles. The van der Waals surface area contributed by atoms with Gasteiger partial charge in [-0.3, -0.25) is 19.3 Å². The van der Waals surface area contributed by atoms with E-state index < -0.39 is 24.3 Å². The highest BCUT2D eigenvalue weighted by Gasteiger charge is 2.37. The number of halogens is 2. The molecule has 0 N–H and O–H groups in total. The molecule has 0 spiro atoms. The summed E-state index contributed by atoms with van der Waals surface area (Å²) in [4.78, 5) is 49.8. The van der Waals surface area contributed by atoms with Crippen LogP contribution in [0.15, 0.2) is 79.4 Å². The molecule has 0 unspecified atom stereocenters. The van der Waals surface area contributed by atoms with Gasteiger partial charge in [0.2, 0.25) is 5.91 Å². The van der Waals surface area contributed by atoms with Gasteiger partial charge in [-0.25, -0.2) is 9.97 Å². The Hall–Kier alpha value is -4.73. The van der Waals surface area contributed by atoms with Gasteiger partial charge in [0.25, 0.3) is 11.8 Å². The highest BCUT2D eigenvalue weighted by atomic mass is 35.5. The average Bonchev–Trinajstić information content (AvgIpc) is 3.60. The average molecular weight is 600 g/mol. The molecule has 2 aromatic heterocycles. The summed E-state index contributed by atoms with van der Waals surface area (Å²) in [5.41, 5.74) is 3.76. The number of hydrogen-bond donors (Lipinski definition) is 0. The van der Waals surface area contributed by atoms with Crippen molar-refractivity contribution in [2.75, 3.05) is 18.5 Å². The highest BCUT2D eigenvalue weighted by molar-refractivity contribution is 6.38. The van der Waals surface area contributed by atoms with Crippen LogP contribution in [-0.2, 0) is 11.4 Å². The van der Waals surface area contributed by atoms with Gasteiger partial charge in [-0.05, 0) is 43.3 Å². The van der Waals surface area contributed by atoms with E-state index in [2.05, 4.69) is 4.98 Å². The molecular weight excluding hydrogens is 577 g/mol. The number of amides is 3. The predicted octanol–water partition coefficient (Wildman–Crippen LogP) is 5.87. The summed E-state index contributed by atoms with van der Waals surface area (Å²) in [6, 6.07) is 17.3. The SMILES string of the molecule is Cc1cc(-n2ccnc2)c2cccc(OCc3c(Cl)ccc(N(C)C(=O)CN4C(=O)c5ccccc5C4=O)c3Cl)c2n1. The maximum absolute atomic E-state index is 13.2. The van der Waals surface area contributed by atoms with Crippen LogP contribution in [0.25, 0.3) is 16.6 Å². The lowest BCUT2D eigenvalue weighted by molar-refractivity contribution is -0.118. The van der Waals surface area contributed by atoms with Crippen LogP contribution in [0, 0.1) is 6.92 Å². The number of aromatic nitrogens is 3. The summed E-state index contributed by atoms with van der Waals surface area (Å²) in [7, 11) is 1.52. The van der Waals surface area contributed by atoms with Crippen LogP contribution in [0.1, 0.15) is 32.0 Å². The number of likely N-dealkylation sites (N-methyl/N-ethyl adjacent to an activating group) is 1. The first-order chi connectivity index (χ1) is 20.2. The second-order valence-corrected chi connectivity index (χ2v) is 10.5. The second-order valence-electron chi connectivity index (χ2n) is 9.75. The molecule has 0 saturated heterocycles. The molecule has 6 rings (SSSR count). The lowest BCUT2D eigenvalue weighted by Crippen LogP contribution is -2.41. The van der Waals surface area contributed by atoms with Crippen molar-refractivity contribution >= 4 is 57.5 Å². The quantitative estimate of drug-likeness (QED) is 0.217. The van der Waals surface area contributed by atoms with Crippen molar-refractivity contribution in [1.29, 1.82) is 0 Å². The summed E-state index contributed by atoms with van der Waals surface area (Å²) in [6.45, 7) is 1.47. The minimum atomic E-state index is -0.510. The number of imidazole rings is 1. The summed E-state index contributed by atoms with van der Waals surface area (Å²) in [5.74, 6) is -0.987. The monoisotopic (exact) mass is 599 g/mol. The third-order valence-corrected chi connectivity index (χ3v) is 7.91. The second kappa shape index (κ2) is 10.9. The van der Waals surface area contributed by atoms with Crippen LogP contribution in [-0.4, -0.2) is 50.7 Å². The molecule has 0 atom stereocenters. The van der Waals surface area contributed by atoms with Crippen molar-refractivity contribution in [3.63, 3.8) is 0 Å². The normalized spacial score (nSPS) is 12.6. The van der Waals surface area contributed by atoms with Crippen molar-refractivity contribution in [3.05, 3.63) is 112 Å². The first-order valence-electron chi connectivity index (χ1n) is 12.9. The zero-order valence-corrected chi connectivity index (χ0v) is 24.1. The van der Waals surface area contributed by atoms with Gasteiger partial charge in [-0.2, -0.15) is 0 Å². The maximum atomic E-state index is 13.2. The Bertz CT molecular complexity index is 1860. The van der Waals surface area contributed by atoms with E-state index in [0.717, 1.165) is 21.7 Å². The molecule has 210 valence electrons. The van der Waals surface area contributed by atoms with Crippen LogP contribution >= 0.6 is 23.2 Å². The van der Waals surface area contributed by atoms with Gasteiger partial charge >= 0.3 is 0 Å². The molecule has 3 amide bonds. The number of hydrogen-bond acceptors (Lipinski definition) is 6. The molecule has 42 heavy (non-hydrogen) atoms. The van der Waals surface area contributed by atoms with Gasteiger partial charge in [0, 0.05) is 41.1 Å². The minimum Gasteiger partial charge on any atom is -0.487 e. The van der Waals surface area contributed by atoms with Gasteiger partial charge in [-0.15, -0.1) is 0 Å². The van der Waals surface area contributed by atoms with E-state index in [1.54, 1.807) is 48.9 Å². The molecule has 0 fully saturated rings. The number of carbonyl (C=O) groups is 3. The first-order valence-corrected chi connectivity index (χ1v) is 13.7. The predicted molar refractivity (Wildman–Crippen MR) is 160 cm³/mol. The van der Waals surface area contributed by atoms with Crippen LogP contribution in [0.5, 0.6) is 5.75 Å². The molecule has 3 heterocycles. The number of benzene rings is 3. The Labute approximate surface area is 250 Å². The third-order valence-electron chi connectivity index (χ3n) is 7.14. The zero-order valence-electron chi connectivity index (χ0n) is 22.5. The molecule has 5 aromatic rings. The molecule has 3 aromatic carbocycles. The van der Waals surface area contributed by atoms with E-state index in [9.17, 15) is 14.4 Å². The van der Waals surface area contributed by atoms with E-state index >= 15 is 0 Å². The number of pyridine rings is 1. The van der Waals surface area contributed by atoms with Crippen molar-refractivity contribution < 1.29 is 19.1 Å². The van der Waals surface area contributed by atoms with Crippen LogP contribution < -0.4 is 9.64 Å². The van der Waals surface area contributed by atoms with Crippen LogP contribution in [0.3, 0.4) is 0 Å². The standard InChI is InChI=1S/C31H23Cl2N5O4/c1-18-14-25(37-13-12-34-17-37)21-8-5-9-26(29(21)35-18)42-16-22-23(32)10-11-24(28(22)33)36(2)27(39)15-38-30(40)19-6-3-4-7-20(19)31(38)41/h3-14,17H,15-16H2,1-2H3. The summed E-state index contributed by atoms with van der Waals surface area (Å²) in [5, 5.41) is 1.44. The van der Waals surface area contributed by atoms with E-state index in [-0.39, 0.29) is 22.8 Å². The fraction of sp³-hybridized carbons (Fsp3) is 0.129. The zero-order chi connectivity index (χ0) is 29.5. The molecular formula is C31H23Cl2N5O4. The van der Waals surface area contributed by atoms with Gasteiger partial charge in [0.1, 0.15) is 24.4 Å². The van der Waals surface area contributed by atoms with E-state index in [0.29, 0.717) is 27.5 Å². The number of fused-ring (bicyclic) bond motifs is 2. The summed E-state index contributed by atoms with van der Waals surface area (Å²) in [6.07, 6.45) is 5.29. The smallest absolute Gasteiger partial charge is 0.262 e. The third kappa shape index (κ3) is 4.76. The van der Waals surface area contributed by atoms with Crippen LogP contribution in [0.4, 0.5) is 5.69 Å². The number of imide groups is 1. The maximum Gasteiger partial charge on any atom is 0.262 e. The lowest BCUT2D eigenvalue weighted by atomic mass is 10.1. The number of nitrogens with zero attached hydrogens (tertiary/aromatic N) is 5. The largest absolute Gasteiger partial charge is 0.487 e. The Morgan fingerprint density at radius 3 is 2.43 bits per heavy atom. The van der Waals surface area contributed by atoms with Gasteiger partial charge in [0.05, 0.1) is 33.9 Å². The number of rotatable bonds is 7. The number of para-hydroxylation sites is 1. The number of aryl methyl sites for hydroxylation is 1. The van der Waals surface area contributed by atoms with Crippen molar-refractivity contribution in [1.82, 2.24) is 19.4 Å². The van der Waals surface area contributed by atoms with Gasteiger partial charge in [-0.1, -0.05) is 47.5 Å². The Morgan fingerprint density at radius 1 is 1.00 bits per heavy atom. The van der Waals surface area contributed by atoms with Crippen molar-refractivity contribution in [3.8, 4) is 11.4 Å². The van der Waals surface area contributed by atoms with Crippen molar-refractivity contribution in [2.24, 2.45) is 0 Å². The molecule has 11 heteroatoms. The van der Waals surface area contributed by atoms with E-state index in [1.807, 2.05) is 42.0 Å². The number of ether oxygens (including phenoxy) is 1. The summed E-state index contributed by atoms with van der Waals surface area (Å²) < 4.78 is 8.11. The fourth-order valence-electron chi connectivity index (χ4n) is 4.95. The fourth-order valence-corrected chi connectivity index (χ4v) is 5.55. The van der Waals surface area contributed by atoms with E-state index in [1.165, 1.54) is 11.9 Å². The molecule has 1 aliphatic rings. The first kappa shape index (κ1) is 27.4. The van der Waals surface area contributed by atoms with Crippen molar-refractivity contribution in [2.45, 2.75) is 13.5 Å². The Balaban J connectivity index is 1.24. The number of carbonyl (C=O) groups excluding carboxylic acids is 3. The Morgan fingerprint density at radius 2 is 1.74 bits per heavy atom. The molecule has 0 saturated carbocycles. The van der Waals surface area contributed by atoms with Gasteiger partial charge < -0.3 is 14.2 Å². The lowest BCUT2D eigenvalue weighted by Gasteiger charge is -2.23.